The number of carbonyl (C=O) groups excluding carboxylic acids is 1. The van der Waals surface area contributed by atoms with E-state index < -0.39 is 12.0 Å². The maximum Gasteiger partial charge on any atom is 0.338 e. The number of esters is 1. The minimum atomic E-state index is -0.499. The van der Waals surface area contributed by atoms with Crippen molar-refractivity contribution in [3.63, 3.8) is 0 Å². The van der Waals surface area contributed by atoms with Gasteiger partial charge in [-0.05, 0) is 62.3 Å². The van der Waals surface area contributed by atoms with Gasteiger partial charge in [-0.15, -0.1) is 0 Å². The second-order valence-corrected chi connectivity index (χ2v) is 7.82. The van der Waals surface area contributed by atoms with Crippen LogP contribution in [0.25, 0.3) is 0 Å². The third-order valence-corrected chi connectivity index (χ3v) is 5.44. The summed E-state index contributed by atoms with van der Waals surface area (Å²) in [6.45, 7) is 6.45. The summed E-state index contributed by atoms with van der Waals surface area (Å²) in [5.41, 5.74) is 5.13. The number of rotatable bonds is 7. The van der Waals surface area contributed by atoms with Crippen LogP contribution in [0.1, 0.15) is 29.7 Å². The summed E-state index contributed by atoms with van der Waals surface area (Å²) in [6, 6.07) is 13.3. The number of nitrogens with zero attached hydrogens (tertiary/aromatic N) is 1. The second-order valence-electron chi connectivity index (χ2n) is 7.43. The lowest BCUT2D eigenvalue weighted by atomic mass is 9.94. The Morgan fingerprint density at radius 1 is 1.06 bits per heavy atom. The Morgan fingerprint density at radius 2 is 1.74 bits per heavy atom. The van der Waals surface area contributed by atoms with Crippen LogP contribution in [0.2, 0.25) is 0 Å². The standard InChI is InChI=1S/C24H28N2O4S/c1-15-12-16(2)14-18(13-15)26-17(3)21(23(27)30-11-10-28-4)22(25-24(26)31)19-8-6-7-9-20(19)29-5/h6-9,12-14,22H,10-11H2,1-5H3,(H,25,31). The van der Waals surface area contributed by atoms with Crippen LogP contribution >= 0.6 is 12.2 Å². The first-order valence-corrected chi connectivity index (χ1v) is 10.5. The highest BCUT2D eigenvalue weighted by Crippen LogP contribution is 2.37. The highest BCUT2D eigenvalue weighted by Gasteiger charge is 2.36. The Labute approximate surface area is 188 Å². The molecular weight excluding hydrogens is 412 g/mol. The van der Waals surface area contributed by atoms with E-state index in [-0.39, 0.29) is 6.61 Å². The Morgan fingerprint density at radius 3 is 2.39 bits per heavy atom. The van der Waals surface area contributed by atoms with Crippen molar-refractivity contribution in [1.82, 2.24) is 5.32 Å². The van der Waals surface area contributed by atoms with Crippen LogP contribution in [0, 0.1) is 13.8 Å². The van der Waals surface area contributed by atoms with Crippen molar-refractivity contribution < 1.29 is 19.0 Å². The molecule has 0 fully saturated rings. The molecule has 0 amide bonds. The van der Waals surface area contributed by atoms with Gasteiger partial charge in [-0.1, -0.05) is 24.3 Å². The molecule has 31 heavy (non-hydrogen) atoms. The average Bonchev–Trinajstić information content (AvgIpc) is 2.72. The van der Waals surface area contributed by atoms with Gasteiger partial charge in [0.1, 0.15) is 12.4 Å². The number of methoxy groups -OCH3 is 2. The number of ether oxygens (including phenoxy) is 3. The molecular formula is C24H28N2O4S. The molecule has 0 saturated heterocycles. The zero-order valence-electron chi connectivity index (χ0n) is 18.5. The van der Waals surface area contributed by atoms with Crippen molar-refractivity contribution >= 4 is 29.0 Å². The highest BCUT2D eigenvalue weighted by molar-refractivity contribution is 7.80. The van der Waals surface area contributed by atoms with E-state index >= 15 is 0 Å². The molecule has 0 saturated carbocycles. The highest BCUT2D eigenvalue weighted by atomic mass is 32.1. The SMILES string of the molecule is COCCOC(=O)C1=C(C)N(c2cc(C)cc(C)c2)C(=S)NC1c1ccccc1OC. The number of hydrogen-bond donors (Lipinski definition) is 1. The molecule has 2 aromatic rings. The summed E-state index contributed by atoms with van der Waals surface area (Å²) in [6.07, 6.45) is 0. The average molecular weight is 441 g/mol. The van der Waals surface area contributed by atoms with Crippen molar-refractivity contribution in [2.45, 2.75) is 26.8 Å². The lowest BCUT2D eigenvalue weighted by Gasteiger charge is -2.38. The number of para-hydroxylation sites is 1. The van der Waals surface area contributed by atoms with Crippen molar-refractivity contribution in [2.24, 2.45) is 0 Å². The van der Waals surface area contributed by atoms with Gasteiger partial charge >= 0.3 is 5.97 Å². The lowest BCUT2D eigenvalue weighted by Crippen LogP contribution is -2.48. The Bertz CT molecular complexity index is 998. The maximum atomic E-state index is 13.2. The van der Waals surface area contributed by atoms with Crippen LogP contribution in [0.15, 0.2) is 53.7 Å². The molecule has 1 unspecified atom stereocenters. The van der Waals surface area contributed by atoms with E-state index in [0.717, 1.165) is 22.4 Å². The molecule has 0 radical (unpaired) electrons. The quantitative estimate of drug-likeness (QED) is 0.393. The summed E-state index contributed by atoms with van der Waals surface area (Å²) >= 11 is 5.74. The third kappa shape index (κ3) is 4.89. The molecule has 1 aliphatic heterocycles. The van der Waals surface area contributed by atoms with E-state index in [1.807, 2.05) is 62.1 Å². The van der Waals surface area contributed by atoms with E-state index in [9.17, 15) is 4.79 Å². The summed E-state index contributed by atoms with van der Waals surface area (Å²) in [4.78, 5) is 15.1. The minimum absolute atomic E-state index is 0.165. The molecule has 3 rings (SSSR count). The van der Waals surface area contributed by atoms with Crippen molar-refractivity contribution in [2.75, 3.05) is 32.3 Å². The third-order valence-electron chi connectivity index (χ3n) is 5.14. The molecule has 0 aromatic heterocycles. The van der Waals surface area contributed by atoms with Crippen LogP contribution in [0.3, 0.4) is 0 Å². The summed E-state index contributed by atoms with van der Waals surface area (Å²) < 4.78 is 16.1. The molecule has 164 valence electrons. The Balaban J connectivity index is 2.13. The number of anilines is 1. The van der Waals surface area contributed by atoms with Gasteiger partial charge < -0.3 is 19.5 Å². The molecule has 1 heterocycles. The smallest absolute Gasteiger partial charge is 0.338 e. The fourth-order valence-corrected chi connectivity index (χ4v) is 4.19. The van der Waals surface area contributed by atoms with Gasteiger partial charge in [0.15, 0.2) is 5.11 Å². The van der Waals surface area contributed by atoms with Gasteiger partial charge in [-0.2, -0.15) is 0 Å². The maximum absolute atomic E-state index is 13.2. The molecule has 1 atom stereocenters. The minimum Gasteiger partial charge on any atom is -0.496 e. The predicted molar refractivity (Wildman–Crippen MR) is 125 cm³/mol. The number of carbonyl (C=O) groups is 1. The summed E-state index contributed by atoms with van der Waals surface area (Å²) in [5.74, 6) is 0.243. The largest absolute Gasteiger partial charge is 0.496 e. The fourth-order valence-electron chi connectivity index (χ4n) is 3.83. The Kier molecular flexibility index (Phi) is 7.30. The topological polar surface area (TPSA) is 60.0 Å². The van der Waals surface area contributed by atoms with Gasteiger partial charge in [-0.25, -0.2) is 4.79 Å². The molecule has 1 N–H and O–H groups in total. The van der Waals surface area contributed by atoms with Crippen LogP contribution in [0.5, 0.6) is 5.75 Å². The van der Waals surface area contributed by atoms with E-state index in [2.05, 4.69) is 11.4 Å². The first kappa shape index (κ1) is 22.8. The normalized spacial score (nSPS) is 16.2. The zero-order chi connectivity index (χ0) is 22.5. The second kappa shape index (κ2) is 9.94. The van der Waals surface area contributed by atoms with E-state index in [1.54, 1.807) is 14.2 Å². The molecule has 1 aliphatic rings. The van der Waals surface area contributed by atoms with Crippen LogP contribution < -0.4 is 15.0 Å². The van der Waals surface area contributed by atoms with Crippen LogP contribution in [-0.4, -0.2) is 38.5 Å². The van der Waals surface area contributed by atoms with Crippen molar-refractivity contribution in [3.8, 4) is 5.75 Å². The number of nitrogens with one attached hydrogen (secondary N) is 1. The molecule has 0 spiro atoms. The van der Waals surface area contributed by atoms with Crippen molar-refractivity contribution in [1.29, 1.82) is 0 Å². The predicted octanol–water partition coefficient (Wildman–Crippen LogP) is 4.21. The molecule has 6 nitrogen and oxygen atoms in total. The van der Waals surface area contributed by atoms with Gasteiger partial charge in [0.05, 0.1) is 25.3 Å². The first-order chi connectivity index (χ1) is 14.9. The number of thiocarbonyl (C=S) groups is 1. The number of allylic oxidation sites excluding steroid dienone is 1. The monoisotopic (exact) mass is 440 g/mol. The van der Waals surface area contributed by atoms with E-state index in [4.69, 9.17) is 26.4 Å². The fraction of sp³-hybridized carbons (Fsp3) is 0.333. The van der Waals surface area contributed by atoms with Gasteiger partial charge in [-0.3, -0.25) is 4.90 Å². The van der Waals surface area contributed by atoms with Gasteiger partial charge in [0.2, 0.25) is 0 Å². The van der Waals surface area contributed by atoms with Crippen LogP contribution in [-0.2, 0) is 14.3 Å². The zero-order valence-corrected chi connectivity index (χ0v) is 19.3. The summed E-state index contributed by atoms with van der Waals surface area (Å²) in [5, 5.41) is 3.84. The van der Waals surface area contributed by atoms with Crippen LogP contribution in [0.4, 0.5) is 5.69 Å². The molecule has 7 heteroatoms. The van der Waals surface area contributed by atoms with E-state index in [1.165, 1.54) is 0 Å². The lowest BCUT2D eigenvalue weighted by molar-refractivity contribution is -0.140. The van der Waals surface area contributed by atoms with Crippen molar-refractivity contribution in [3.05, 3.63) is 70.4 Å². The molecule has 0 bridgehead atoms. The number of benzene rings is 2. The number of aryl methyl sites for hydroxylation is 2. The van der Waals surface area contributed by atoms with E-state index in [0.29, 0.717) is 28.7 Å². The van der Waals surface area contributed by atoms with Gasteiger partial charge in [0.25, 0.3) is 0 Å². The van der Waals surface area contributed by atoms with Gasteiger partial charge in [0, 0.05) is 24.1 Å². The number of hydrogen-bond acceptors (Lipinski definition) is 5. The Hall–Kier alpha value is -2.90. The molecule has 0 aliphatic carbocycles. The first-order valence-electron chi connectivity index (χ1n) is 10.1. The summed E-state index contributed by atoms with van der Waals surface area (Å²) in [7, 11) is 3.17. The molecule has 2 aromatic carbocycles.